The number of benzene rings is 20. The van der Waals surface area contributed by atoms with Crippen LogP contribution in [0.15, 0.2) is 498 Å². The normalized spacial score (nSPS) is 11.7. The first-order valence-corrected chi connectivity index (χ1v) is 47.4. The lowest BCUT2D eigenvalue weighted by atomic mass is 9.93. The Morgan fingerprint density at radius 1 is 0.150 bits per heavy atom. The van der Waals surface area contributed by atoms with Crippen molar-refractivity contribution in [1.29, 1.82) is 0 Å². The van der Waals surface area contributed by atoms with Gasteiger partial charge in [-0.25, -0.2) is 29.9 Å². The van der Waals surface area contributed by atoms with Crippen LogP contribution in [-0.2, 0) is 0 Å². The number of rotatable bonds is 12. The molecule has 654 valence electrons. The van der Waals surface area contributed by atoms with Gasteiger partial charge in [-0.3, -0.25) is 13.7 Å². The van der Waals surface area contributed by atoms with Crippen LogP contribution in [0.5, 0.6) is 0 Å². The molecular formula is C128H82N12. The molecule has 0 bridgehead atoms. The molecule has 29 aromatic rings. The van der Waals surface area contributed by atoms with Crippen LogP contribution in [0, 0.1) is 0 Å². The molecule has 9 heterocycles. The molecule has 9 aromatic heterocycles. The van der Waals surface area contributed by atoms with E-state index in [-0.39, 0.29) is 0 Å². The molecule has 29 rings (SSSR count). The summed E-state index contributed by atoms with van der Waals surface area (Å²) in [5.74, 6) is 1.96. The van der Waals surface area contributed by atoms with E-state index in [1.807, 2.05) is 0 Å². The predicted molar refractivity (Wildman–Crippen MR) is 580 cm³/mol. The number of nitrogens with zero attached hydrogens (tertiary/aromatic N) is 12. The van der Waals surface area contributed by atoms with Gasteiger partial charge in [0.25, 0.3) is 0 Å². The van der Waals surface area contributed by atoms with E-state index in [4.69, 9.17) is 29.9 Å². The van der Waals surface area contributed by atoms with E-state index in [0.717, 1.165) is 150 Å². The Labute approximate surface area is 804 Å². The van der Waals surface area contributed by atoms with Crippen molar-refractivity contribution in [2.75, 3.05) is 0 Å². The van der Waals surface area contributed by atoms with E-state index in [2.05, 4.69) is 525 Å². The molecule has 12 heteroatoms. The van der Waals surface area contributed by atoms with Gasteiger partial charge in [-0.2, -0.15) is 0 Å². The minimum atomic E-state index is 0.652. The molecule has 0 amide bonds. The number of aromatic nitrogens is 12. The molecule has 0 saturated carbocycles. The summed E-state index contributed by atoms with van der Waals surface area (Å²) in [6.45, 7) is 0. The van der Waals surface area contributed by atoms with Gasteiger partial charge in [0, 0.05) is 117 Å². The summed E-state index contributed by atoms with van der Waals surface area (Å²) in [5, 5.41) is 18.4. The van der Waals surface area contributed by atoms with Crippen LogP contribution in [0.2, 0.25) is 0 Å². The van der Waals surface area contributed by atoms with E-state index < -0.39 is 0 Å². The first kappa shape index (κ1) is 80.6. The Morgan fingerprint density at radius 2 is 0.443 bits per heavy atom. The standard InChI is InChI=1S/2C44H28N4.C40H26N4/c1-3-11-29(12-4-1)31-19-20-33-28-34(22-21-32(33)27-31)41-38-16-7-9-17-39(38)45-44(46-41)48-40-18-10-8-15-36(40)37-24-23-30-25-26-47(42(30)43(37)48)35-13-5-2-6-14-35;1-3-13-29(14-4-1)32-25-26-36(34-18-8-7-17-33(32)34)41-38-20-9-11-21-39(38)45-44(46-41)48-40-22-12-10-19-35(40)37-24-23-30-27-28-47(42(30)43(37)48)31-15-5-2-6-16-31;1-3-13-27(14-4-1)30-17-7-8-19-32(30)37-34-20-9-11-21-35(34)41-40(42-37)44-36-22-12-10-18-31(36)33-24-23-28-25-26-43(38(28)39(33)44)29-15-5-2-6-16-29/h2*1-28H;1-26H. The lowest BCUT2D eigenvalue weighted by Crippen LogP contribution is -2.05. The monoisotopic (exact) mass is 1790 g/mol. The van der Waals surface area contributed by atoms with Crippen LogP contribution in [0.1, 0.15) is 0 Å². The summed E-state index contributed by atoms with van der Waals surface area (Å²) in [6, 6.07) is 169. The van der Waals surface area contributed by atoms with Gasteiger partial charge in [-0.15, -0.1) is 0 Å². The molecule has 0 saturated heterocycles. The van der Waals surface area contributed by atoms with Gasteiger partial charge in [-0.05, 0) is 158 Å². The highest BCUT2D eigenvalue weighted by Gasteiger charge is 2.28. The van der Waals surface area contributed by atoms with Crippen molar-refractivity contribution in [3.8, 4) is 102 Å². The second-order valence-electron chi connectivity index (χ2n) is 35.6. The van der Waals surface area contributed by atoms with Crippen LogP contribution in [0.3, 0.4) is 0 Å². The molecule has 0 aliphatic heterocycles. The Hall–Kier alpha value is -19.0. The fourth-order valence-electron chi connectivity index (χ4n) is 21.3. The zero-order chi connectivity index (χ0) is 92.2. The minimum Gasteiger partial charge on any atom is -0.315 e. The molecule has 0 radical (unpaired) electrons. The fourth-order valence-corrected chi connectivity index (χ4v) is 21.3. The van der Waals surface area contributed by atoms with Gasteiger partial charge in [0.2, 0.25) is 17.8 Å². The van der Waals surface area contributed by atoms with Crippen LogP contribution >= 0.6 is 0 Å². The van der Waals surface area contributed by atoms with Crippen molar-refractivity contribution in [3.63, 3.8) is 0 Å². The Morgan fingerprint density at radius 3 is 0.864 bits per heavy atom. The van der Waals surface area contributed by atoms with Crippen molar-refractivity contribution < 1.29 is 0 Å². The van der Waals surface area contributed by atoms with Gasteiger partial charge in [0.05, 0.1) is 83.3 Å². The third kappa shape index (κ3) is 13.5. The molecule has 0 atom stereocenters. The molecule has 0 fully saturated rings. The molecular weight excluding hydrogens is 1710 g/mol. The summed E-state index contributed by atoms with van der Waals surface area (Å²) >= 11 is 0. The lowest BCUT2D eigenvalue weighted by Gasteiger charge is -2.15. The second kappa shape index (κ2) is 33.5. The zero-order valence-corrected chi connectivity index (χ0v) is 75.7. The minimum absolute atomic E-state index is 0.652. The van der Waals surface area contributed by atoms with E-state index >= 15 is 0 Å². The number of para-hydroxylation sites is 9. The average Bonchev–Trinajstić information content (AvgIpc) is 1.55. The van der Waals surface area contributed by atoms with Gasteiger partial charge in [0.15, 0.2) is 0 Å². The zero-order valence-electron chi connectivity index (χ0n) is 75.7. The lowest BCUT2D eigenvalue weighted by molar-refractivity contribution is 1.01. The summed E-state index contributed by atoms with van der Waals surface area (Å²) in [5.41, 5.74) is 29.1. The van der Waals surface area contributed by atoms with Crippen molar-refractivity contribution in [1.82, 2.24) is 57.3 Å². The van der Waals surface area contributed by atoms with Crippen molar-refractivity contribution in [2.24, 2.45) is 0 Å². The molecule has 0 unspecified atom stereocenters. The number of hydrogen-bond acceptors (Lipinski definition) is 6. The molecule has 0 spiro atoms. The van der Waals surface area contributed by atoms with E-state index in [1.54, 1.807) is 0 Å². The molecule has 0 aliphatic rings. The highest BCUT2D eigenvalue weighted by Crippen LogP contribution is 2.47. The average molecular weight is 1790 g/mol. The number of hydrogen-bond donors (Lipinski definition) is 0. The van der Waals surface area contributed by atoms with Crippen LogP contribution < -0.4 is 0 Å². The van der Waals surface area contributed by atoms with Gasteiger partial charge in [0.1, 0.15) is 0 Å². The maximum atomic E-state index is 5.50. The first-order chi connectivity index (χ1) is 69.5. The summed E-state index contributed by atoms with van der Waals surface area (Å²) < 4.78 is 13.6. The Kier molecular flexibility index (Phi) is 19.3. The highest BCUT2D eigenvalue weighted by molar-refractivity contribution is 6.22. The molecule has 0 N–H and O–H groups in total. The molecule has 20 aromatic carbocycles. The van der Waals surface area contributed by atoms with E-state index in [0.29, 0.717) is 17.8 Å². The highest BCUT2D eigenvalue weighted by atomic mass is 15.2. The third-order valence-corrected chi connectivity index (χ3v) is 27.7. The summed E-state index contributed by atoms with van der Waals surface area (Å²) in [4.78, 5) is 32.1. The van der Waals surface area contributed by atoms with E-state index in [1.165, 1.54) is 86.9 Å². The van der Waals surface area contributed by atoms with Crippen molar-refractivity contribution in [3.05, 3.63) is 498 Å². The van der Waals surface area contributed by atoms with Crippen LogP contribution in [0.25, 0.3) is 254 Å². The van der Waals surface area contributed by atoms with E-state index in [9.17, 15) is 0 Å². The SMILES string of the molecule is c1ccc(-c2ccc(-c3nc(-n4c5ccccc5c5ccc6ccn(-c7ccccc7)c6c54)nc4ccccc34)c3ccccc23)cc1.c1ccc(-c2ccc3cc(-c4nc(-n5c6ccccc6c6ccc7ccn(-c8ccccc8)c7c65)nc5ccccc45)ccc3c2)cc1.c1ccc(-c2ccccc2-c2nc(-n3c4ccccc4c4ccc5ccn(-c6ccccc6)c5c43)nc3ccccc23)cc1. The topological polar surface area (TPSA) is 107 Å². The van der Waals surface area contributed by atoms with Crippen molar-refractivity contribution in [2.45, 2.75) is 0 Å². The molecule has 0 aliphatic carbocycles. The largest absolute Gasteiger partial charge is 0.315 e. The third-order valence-electron chi connectivity index (χ3n) is 27.7. The Bertz CT molecular complexity index is 9950. The van der Waals surface area contributed by atoms with Gasteiger partial charge in [-0.1, -0.05) is 376 Å². The summed E-state index contributed by atoms with van der Waals surface area (Å²) in [6.07, 6.45) is 6.48. The maximum Gasteiger partial charge on any atom is 0.235 e. The quantitative estimate of drug-likeness (QED) is 0.121. The Balaban J connectivity index is 0.000000106. The van der Waals surface area contributed by atoms with Crippen LogP contribution in [0.4, 0.5) is 0 Å². The molecule has 140 heavy (non-hydrogen) atoms. The predicted octanol–water partition coefficient (Wildman–Crippen LogP) is 32.3. The van der Waals surface area contributed by atoms with Crippen molar-refractivity contribution >= 4 is 152 Å². The smallest absolute Gasteiger partial charge is 0.235 e. The first-order valence-electron chi connectivity index (χ1n) is 47.4. The molecule has 12 nitrogen and oxygen atoms in total. The van der Waals surface area contributed by atoms with Crippen LogP contribution in [-0.4, -0.2) is 57.3 Å². The maximum absolute atomic E-state index is 5.50. The second-order valence-corrected chi connectivity index (χ2v) is 35.6. The van der Waals surface area contributed by atoms with Gasteiger partial charge < -0.3 is 13.7 Å². The number of fused-ring (bicyclic) bond motifs is 20. The van der Waals surface area contributed by atoms with Gasteiger partial charge >= 0.3 is 0 Å². The fraction of sp³-hybridized carbons (Fsp3) is 0. The summed E-state index contributed by atoms with van der Waals surface area (Å²) in [7, 11) is 0.